The predicted molar refractivity (Wildman–Crippen MR) is 102 cm³/mol. The molecule has 0 heterocycles. The van der Waals surface area contributed by atoms with Gasteiger partial charge in [-0.1, -0.05) is 71.5 Å². The van der Waals surface area contributed by atoms with Crippen LogP contribution in [0.15, 0.2) is 18.2 Å². The van der Waals surface area contributed by atoms with Gasteiger partial charge in [0.15, 0.2) is 0 Å². The van der Waals surface area contributed by atoms with Gasteiger partial charge >= 0.3 is 0 Å². The normalized spacial score (nSPS) is 21.6. The molecule has 0 fully saturated rings. The van der Waals surface area contributed by atoms with Crippen molar-refractivity contribution < 1.29 is 5.11 Å². The maximum Gasteiger partial charge on any atom is 0.147 e. The van der Waals surface area contributed by atoms with Crippen LogP contribution in [0.4, 0.5) is 0 Å². The molecule has 0 spiro atoms. The Bertz CT molecular complexity index is 663. The number of fused-ring (bicyclic) bond motifs is 1. The maximum absolute atomic E-state index is 10.9. The van der Waals surface area contributed by atoms with Crippen molar-refractivity contribution in [3.05, 3.63) is 34.9 Å². The first-order valence-electron chi connectivity index (χ1n) is 8.67. The van der Waals surface area contributed by atoms with Gasteiger partial charge < -0.3 is 5.11 Å². The Morgan fingerprint density at radius 2 is 1.52 bits per heavy atom. The van der Waals surface area contributed by atoms with Crippen LogP contribution in [0.25, 0.3) is 0 Å². The molecule has 1 aliphatic rings. The molecule has 0 amide bonds. The molecule has 0 bridgehead atoms. The van der Waals surface area contributed by atoms with Crippen LogP contribution in [-0.2, 0) is 16.4 Å². The van der Waals surface area contributed by atoms with Crippen LogP contribution < -0.4 is 0 Å². The van der Waals surface area contributed by atoms with Crippen molar-refractivity contribution in [3.63, 3.8) is 0 Å². The highest BCUT2D eigenvalue weighted by atomic mass is 28.3. The van der Waals surface area contributed by atoms with Crippen LogP contribution in [0.2, 0.25) is 19.6 Å². The zero-order valence-corrected chi connectivity index (χ0v) is 17.1. The van der Waals surface area contributed by atoms with Crippen LogP contribution in [0.1, 0.15) is 64.2 Å². The van der Waals surface area contributed by atoms with Gasteiger partial charge in [0.1, 0.15) is 13.7 Å². The minimum absolute atomic E-state index is 0.156. The SMILES string of the molecule is CC(O)(C#C[Si](C)(C)C)c1ccc2c(c1)C(C)(C)CCC2(C)C. The molecule has 2 heteroatoms. The lowest BCUT2D eigenvalue weighted by atomic mass is 9.62. The number of rotatable bonds is 1. The summed E-state index contributed by atoms with van der Waals surface area (Å²) in [6.45, 7) is 17.7. The van der Waals surface area contributed by atoms with E-state index in [0.717, 1.165) is 5.56 Å². The summed E-state index contributed by atoms with van der Waals surface area (Å²) in [5.41, 5.74) is 6.33. The molecule has 1 N–H and O–H groups in total. The minimum Gasteiger partial charge on any atom is -0.374 e. The van der Waals surface area contributed by atoms with Gasteiger partial charge in [0, 0.05) is 0 Å². The summed E-state index contributed by atoms with van der Waals surface area (Å²) in [5.74, 6) is 3.14. The maximum atomic E-state index is 10.9. The summed E-state index contributed by atoms with van der Waals surface area (Å²) in [4.78, 5) is 0. The Balaban J connectivity index is 2.54. The van der Waals surface area contributed by atoms with Crippen molar-refractivity contribution in [1.82, 2.24) is 0 Å². The quantitative estimate of drug-likeness (QED) is 0.560. The first kappa shape index (κ1) is 18.3. The fourth-order valence-electron chi connectivity index (χ4n) is 3.27. The van der Waals surface area contributed by atoms with Crippen molar-refractivity contribution in [2.24, 2.45) is 0 Å². The summed E-state index contributed by atoms with van der Waals surface area (Å²) in [6, 6.07) is 6.49. The fraction of sp³-hybridized carbons (Fsp3) is 0.619. The second-order valence-electron chi connectivity index (χ2n) is 9.60. The molecular formula is C21H32OSi. The van der Waals surface area contributed by atoms with E-state index in [-0.39, 0.29) is 10.8 Å². The van der Waals surface area contributed by atoms with Gasteiger partial charge in [-0.15, -0.1) is 5.54 Å². The molecule has 1 aromatic rings. The molecule has 1 aliphatic carbocycles. The first-order valence-corrected chi connectivity index (χ1v) is 12.2. The lowest BCUT2D eigenvalue weighted by Gasteiger charge is -2.42. The van der Waals surface area contributed by atoms with E-state index >= 15 is 0 Å². The topological polar surface area (TPSA) is 20.2 Å². The highest BCUT2D eigenvalue weighted by Crippen LogP contribution is 2.46. The molecule has 1 nitrogen and oxygen atoms in total. The van der Waals surface area contributed by atoms with E-state index in [1.165, 1.54) is 24.0 Å². The molecule has 1 unspecified atom stereocenters. The van der Waals surface area contributed by atoms with E-state index in [9.17, 15) is 5.11 Å². The zero-order chi connectivity index (χ0) is 17.7. The summed E-state index contributed by atoms with van der Waals surface area (Å²) < 4.78 is 0. The second kappa shape index (κ2) is 5.50. The molecule has 0 saturated heterocycles. The van der Waals surface area contributed by atoms with Crippen LogP contribution in [0.5, 0.6) is 0 Å². The molecule has 126 valence electrons. The third-order valence-corrected chi connectivity index (χ3v) is 5.97. The van der Waals surface area contributed by atoms with Gasteiger partial charge in [0.05, 0.1) is 0 Å². The highest BCUT2D eigenvalue weighted by Gasteiger charge is 2.38. The largest absolute Gasteiger partial charge is 0.374 e. The highest BCUT2D eigenvalue weighted by molar-refractivity contribution is 6.83. The van der Waals surface area contributed by atoms with Crippen LogP contribution >= 0.6 is 0 Å². The summed E-state index contributed by atoms with van der Waals surface area (Å²) in [7, 11) is -1.50. The van der Waals surface area contributed by atoms with E-state index in [1.54, 1.807) is 0 Å². The van der Waals surface area contributed by atoms with E-state index in [4.69, 9.17) is 0 Å². The Hall–Kier alpha value is -1.04. The van der Waals surface area contributed by atoms with Crippen molar-refractivity contribution in [1.29, 1.82) is 0 Å². The molecule has 1 atom stereocenters. The van der Waals surface area contributed by atoms with E-state index in [0.29, 0.717) is 0 Å². The van der Waals surface area contributed by atoms with Crippen molar-refractivity contribution in [2.75, 3.05) is 0 Å². The third-order valence-electron chi connectivity index (χ3n) is 5.10. The number of aliphatic hydroxyl groups is 1. The smallest absolute Gasteiger partial charge is 0.147 e. The average molecular weight is 329 g/mol. The van der Waals surface area contributed by atoms with Crippen molar-refractivity contribution >= 4 is 8.07 Å². The summed E-state index contributed by atoms with van der Waals surface area (Å²) >= 11 is 0. The molecule has 23 heavy (non-hydrogen) atoms. The van der Waals surface area contributed by atoms with E-state index in [1.807, 2.05) is 6.92 Å². The van der Waals surface area contributed by atoms with Crippen LogP contribution in [-0.4, -0.2) is 13.2 Å². The Kier molecular flexibility index (Phi) is 4.38. The van der Waals surface area contributed by atoms with Crippen molar-refractivity contribution in [3.8, 4) is 11.5 Å². The fourth-order valence-corrected chi connectivity index (χ4v) is 3.89. The second-order valence-corrected chi connectivity index (χ2v) is 14.4. The lowest BCUT2D eigenvalue weighted by molar-refractivity contribution is 0.122. The molecule has 0 aromatic heterocycles. The average Bonchev–Trinajstić information content (AvgIpc) is 2.41. The van der Waals surface area contributed by atoms with E-state index in [2.05, 4.69) is 77.0 Å². The van der Waals surface area contributed by atoms with E-state index < -0.39 is 13.7 Å². The van der Waals surface area contributed by atoms with Gasteiger partial charge in [-0.25, -0.2) is 0 Å². The minimum atomic E-state index is -1.50. The first-order chi connectivity index (χ1) is 10.2. The van der Waals surface area contributed by atoms with Crippen LogP contribution in [0, 0.1) is 11.5 Å². The van der Waals surface area contributed by atoms with Gasteiger partial charge in [0.25, 0.3) is 0 Å². The lowest BCUT2D eigenvalue weighted by Crippen LogP contribution is -2.34. The van der Waals surface area contributed by atoms with Crippen LogP contribution in [0.3, 0.4) is 0 Å². The number of benzene rings is 1. The molecule has 2 rings (SSSR count). The molecular weight excluding hydrogens is 296 g/mol. The number of hydrogen-bond donors (Lipinski definition) is 1. The predicted octanol–water partition coefficient (Wildman–Crippen LogP) is 5.12. The molecule has 1 aromatic carbocycles. The Morgan fingerprint density at radius 3 is 2.04 bits per heavy atom. The molecule has 0 radical (unpaired) electrons. The summed E-state index contributed by atoms with van der Waals surface area (Å²) in [5, 5.41) is 10.9. The standard InChI is InChI=1S/C21H32OSi/c1-19(2)11-12-20(3,4)18-15-16(9-10-17(18)19)21(5,22)13-14-23(6,7)8/h9-10,15,22H,11-12H2,1-8H3. The Morgan fingerprint density at radius 1 is 1.00 bits per heavy atom. The molecule has 0 saturated carbocycles. The van der Waals surface area contributed by atoms with Gasteiger partial charge in [-0.3, -0.25) is 0 Å². The van der Waals surface area contributed by atoms with Gasteiger partial charge in [0.2, 0.25) is 0 Å². The molecule has 0 aliphatic heterocycles. The monoisotopic (exact) mass is 328 g/mol. The van der Waals surface area contributed by atoms with Crippen molar-refractivity contribution in [2.45, 2.75) is 83.5 Å². The van der Waals surface area contributed by atoms with Gasteiger partial charge in [-0.2, -0.15) is 0 Å². The Labute approximate surface area is 143 Å². The van der Waals surface area contributed by atoms with Gasteiger partial charge in [-0.05, 0) is 47.3 Å². The number of hydrogen-bond acceptors (Lipinski definition) is 1. The zero-order valence-electron chi connectivity index (χ0n) is 16.1. The summed E-state index contributed by atoms with van der Waals surface area (Å²) in [6.07, 6.45) is 2.39. The third kappa shape index (κ3) is 3.90.